The van der Waals surface area contributed by atoms with Crippen molar-refractivity contribution in [3.8, 4) is 0 Å². The van der Waals surface area contributed by atoms with Gasteiger partial charge in [0.05, 0.1) is 16.9 Å². The van der Waals surface area contributed by atoms with E-state index in [1.54, 1.807) is 6.07 Å². The van der Waals surface area contributed by atoms with Crippen molar-refractivity contribution < 1.29 is 14.4 Å². The number of aryl methyl sites for hydroxylation is 1. The first-order valence-corrected chi connectivity index (χ1v) is 10.3. The molecular weight excluding hydrogens is 432 g/mol. The molecule has 140 valence electrons. The Labute approximate surface area is 170 Å². The van der Waals surface area contributed by atoms with Crippen molar-refractivity contribution in [2.75, 3.05) is 11.9 Å². The van der Waals surface area contributed by atoms with Gasteiger partial charge in [-0.05, 0) is 70.6 Å². The number of nitrogens with one attached hydrogen (secondary N) is 1. The number of carbonyl (C=O) groups excluding carboxylic acids is 3. The van der Waals surface area contributed by atoms with Gasteiger partial charge in [0.25, 0.3) is 0 Å². The van der Waals surface area contributed by atoms with Gasteiger partial charge in [0.2, 0.25) is 17.7 Å². The number of carbonyl (C=O) groups is 3. The fourth-order valence-corrected chi connectivity index (χ4v) is 5.91. The molecule has 5 aliphatic rings. The lowest BCUT2D eigenvalue weighted by molar-refractivity contribution is -0.142. The van der Waals surface area contributed by atoms with E-state index in [4.69, 9.17) is 11.6 Å². The van der Waals surface area contributed by atoms with E-state index in [-0.39, 0.29) is 47.9 Å². The van der Waals surface area contributed by atoms with E-state index in [0.29, 0.717) is 22.5 Å². The molecule has 0 radical (unpaired) electrons. The summed E-state index contributed by atoms with van der Waals surface area (Å²) in [5.74, 6) is 0.150. The zero-order valence-corrected chi connectivity index (χ0v) is 17.0. The van der Waals surface area contributed by atoms with E-state index in [2.05, 4.69) is 33.4 Å². The Kier molecular flexibility index (Phi) is 3.82. The van der Waals surface area contributed by atoms with E-state index in [9.17, 15) is 14.4 Å². The number of imide groups is 1. The van der Waals surface area contributed by atoms with Crippen molar-refractivity contribution in [3.63, 3.8) is 0 Å². The summed E-state index contributed by atoms with van der Waals surface area (Å²) in [7, 11) is 0. The molecule has 1 N–H and O–H groups in total. The fourth-order valence-electron chi connectivity index (χ4n) is 5.29. The number of hydrogen-bond donors (Lipinski definition) is 1. The maximum Gasteiger partial charge on any atom is 0.244 e. The average Bonchev–Trinajstić information content (AvgIpc) is 3.41. The Morgan fingerprint density at radius 2 is 1.78 bits per heavy atom. The molecule has 1 saturated heterocycles. The molecule has 0 unspecified atom stereocenters. The average molecular weight is 450 g/mol. The van der Waals surface area contributed by atoms with Crippen LogP contribution in [0.25, 0.3) is 0 Å². The lowest BCUT2D eigenvalue weighted by Gasteiger charge is -2.37. The van der Waals surface area contributed by atoms with Gasteiger partial charge in [0, 0.05) is 10.2 Å². The fraction of sp³-hybridized carbons (Fsp3) is 0.450. The van der Waals surface area contributed by atoms with Crippen LogP contribution in [0.1, 0.15) is 12.0 Å². The summed E-state index contributed by atoms with van der Waals surface area (Å²) in [4.78, 5) is 39.5. The second-order valence-electron chi connectivity index (χ2n) is 8.05. The monoisotopic (exact) mass is 448 g/mol. The number of hydrogen-bond acceptors (Lipinski definition) is 3. The molecule has 27 heavy (non-hydrogen) atoms. The smallest absolute Gasteiger partial charge is 0.244 e. The quantitative estimate of drug-likeness (QED) is 0.568. The van der Waals surface area contributed by atoms with Crippen LogP contribution in [0, 0.1) is 42.4 Å². The van der Waals surface area contributed by atoms with E-state index < -0.39 is 0 Å². The summed E-state index contributed by atoms with van der Waals surface area (Å²) in [6.07, 6.45) is 5.38. The number of benzene rings is 1. The summed E-state index contributed by atoms with van der Waals surface area (Å²) in [6.45, 7) is 1.61. The Bertz CT molecular complexity index is 894. The van der Waals surface area contributed by atoms with E-state index in [1.165, 1.54) is 0 Å². The SMILES string of the molecule is Cc1cc(Br)c(Cl)cc1NC(=O)CN1C(=O)[C@@H]2[C@@H]3C=C[C@H]([C@H]4C[C@H]34)[C@@H]2C1=O. The number of nitrogens with zero attached hydrogens (tertiary/aromatic N) is 1. The van der Waals surface area contributed by atoms with Gasteiger partial charge in [-0.2, -0.15) is 0 Å². The molecule has 5 nitrogen and oxygen atoms in total. The summed E-state index contributed by atoms with van der Waals surface area (Å²) < 4.78 is 0.746. The normalized spacial score (nSPS) is 35.3. The Hall–Kier alpha value is -1.66. The maximum absolute atomic E-state index is 12.9. The van der Waals surface area contributed by atoms with Crippen LogP contribution in [0.2, 0.25) is 5.02 Å². The highest BCUT2D eigenvalue weighted by atomic mass is 79.9. The standard InChI is InChI=1S/C20H18BrClN2O3/c1-8-4-13(21)14(22)6-15(8)23-16(25)7-24-19(26)17-9-2-3-10(12-5-11(9)12)18(17)20(24)27/h2-4,6,9-12,17-18H,5,7H2,1H3,(H,23,25)/t9-,10-,11-,12-,17-,18+/m1/s1. The van der Waals surface area contributed by atoms with Gasteiger partial charge in [-0.25, -0.2) is 0 Å². The van der Waals surface area contributed by atoms with Crippen molar-refractivity contribution in [2.45, 2.75) is 13.3 Å². The van der Waals surface area contributed by atoms with Crippen molar-refractivity contribution in [1.82, 2.24) is 4.90 Å². The van der Waals surface area contributed by atoms with Crippen LogP contribution in [0.15, 0.2) is 28.8 Å². The van der Waals surface area contributed by atoms with Crippen molar-refractivity contribution >= 4 is 50.9 Å². The summed E-state index contributed by atoms with van der Waals surface area (Å²) in [5, 5.41) is 3.26. The molecule has 3 amide bonds. The topological polar surface area (TPSA) is 66.5 Å². The largest absolute Gasteiger partial charge is 0.324 e. The number of anilines is 1. The highest BCUT2D eigenvalue weighted by molar-refractivity contribution is 9.10. The van der Waals surface area contributed by atoms with E-state index in [1.807, 2.05) is 13.0 Å². The summed E-state index contributed by atoms with van der Waals surface area (Å²) in [5.41, 5.74) is 1.42. The molecule has 6 atom stereocenters. The van der Waals surface area contributed by atoms with Gasteiger partial charge in [0.1, 0.15) is 6.54 Å². The van der Waals surface area contributed by atoms with Gasteiger partial charge in [-0.15, -0.1) is 0 Å². The highest BCUT2D eigenvalue weighted by Crippen LogP contribution is 2.65. The zero-order chi connectivity index (χ0) is 19.0. The van der Waals surface area contributed by atoms with Crippen LogP contribution in [0.5, 0.6) is 0 Å². The maximum atomic E-state index is 12.9. The minimum Gasteiger partial charge on any atom is -0.324 e. The Morgan fingerprint density at radius 3 is 2.37 bits per heavy atom. The number of rotatable bonds is 3. The van der Waals surface area contributed by atoms with Gasteiger partial charge in [0.15, 0.2) is 0 Å². The lowest BCUT2D eigenvalue weighted by atomic mass is 9.63. The van der Waals surface area contributed by atoms with E-state index >= 15 is 0 Å². The van der Waals surface area contributed by atoms with Crippen molar-refractivity contribution in [1.29, 1.82) is 0 Å². The summed E-state index contributed by atoms with van der Waals surface area (Å²) in [6, 6.07) is 3.47. The minimum absolute atomic E-state index is 0.169. The molecule has 2 saturated carbocycles. The first-order chi connectivity index (χ1) is 12.9. The predicted octanol–water partition coefficient (Wildman–Crippen LogP) is 3.40. The second kappa shape index (κ2) is 5.92. The van der Waals surface area contributed by atoms with Crippen LogP contribution < -0.4 is 5.32 Å². The van der Waals surface area contributed by atoms with Crippen molar-refractivity contribution in [3.05, 3.63) is 39.3 Å². The summed E-state index contributed by atoms with van der Waals surface area (Å²) >= 11 is 9.45. The molecule has 0 aromatic heterocycles. The molecule has 3 fully saturated rings. The van der Waals surface area contributed by atoms with Gasteiger partial charge < -0.3 is 5.32 Å². The van der Waals surface area contributed by atoms with Crippen LogP contribution in [-0.4, -0.2) is 29.2 Å². The predicted molar refractivity (Wildman–Crippen MR) is 104 cm³/mol. The van der Waals surface area contributed by atoms with Crippen LogP contribution in [0.3, 0.4) is 0 Å². The zero-order valence-electron chi connectivity index (χ0n) is 14.6. The number of allylic oxidation sites excluding steroid dienone is 2. The minimum atomic E-state index is -0.387. The van der Waals surface area contributed by atoms with Crippen LogP contribution >= 0.6 is 27.5 Å². The number of halogens is 2. The second-order valence-corrected chi connectivity index (χ2v) is 9.31. The van der Waals surface area contributed by atoms with Gasteiger partial charge in [-0.1, -0.05) is 23.8 Å². The molecule has 1 heterocycles. The Balaban J connectivity index is 1.33. The van der Waals surface area contributed by atoms with Gasteiger partial charge in [-0.3, -0.25) is 19.3 Å². The van der Waals surface area contributed by atoms with Gasteiger partial charge >= 0.3 is 0 Å². The third-order valence-corrected chi connectivity index (χ3v) is 7.79. The molecule has 6 rings (SSSR count). The molecule has 2 bridgehead atoms. The first kappa shape index (κ1) is 17.4. The third kappa shape index (κ3) is 2.53. The molecule has 0 spiro atoms. The molecule has 1 aromatic rings. The van der Waals surface area contributed by atoms with Crippen LogP contribution in [-0.2, 0) is 14.4 Å². The van der Waals surface area contributed by atoms with Crippen molar-refractivity contribution in [2.24, 2.45) is 35.5 Å². The molecule has 4 aliphatic carbocycles. The third-order valence-electron chi connectivity index (χ3n) is 6.60. The molecular formula is C20H18BrClN2O3. The highest BCUT2D eigenvalue weighted by Gasteiger charge is 2.67. The van der Waals surface area contributed by atoms with Crippen LogP contribution in [0.4, 0.5) is 5.69 Å². The molecule has 7 heteroatoms. The van der Waals surface area contributed by atoms with E-state index in [0.717, 1.165) is 21.4 Å². The number of amides is 3. The Morgan fingerprint density at radius 1 is 1.19 bits per heavy atom. The number of likely N-dealkylation sites (tertiary alicyclic amines) is 1. The molecule has 1 aromatic carbocycles. The lowest BCUT2D eigenvalue weighted by Crippen LogP contribution is -2.40. The molecule has 1 aliphatic heterocycles. The first-order valence-electron chi connectivity index (χ1n) is 9.16.